The summed E-state index contributed by atoms with van der Waals surface area (Å²) in [6.07, 6.45) is 2.15. The van der Waals surface area contributed by atoms with Crippen LogP contribution in [0.1, 0.15) is 34.6 Å². The van der Waals surface area contributed by atoms with Crippen molar-refractivity contribution in [2.45, 2.75) is 39.3 Å². The molecule has 0 spiro atoms. The van der Waals surface area contributed by atoms with E-state index in [1.54, 1.807) is 11.3 Å². The molecule has 0 N–H and O–H groups in total. The molecule has 1 saturated heterocycles. The number of carbonyl (C=O) groups excluding carboxylic acids is 1. The summed E-state index contributed by atoms with van der Waals surface area (Å²) in [4.78, 5) is 14.5. The third-order valence-electron chi connectivity index (χ3n) is 3.89. The fraction of sp³-hybridized carbons (Fsp3) is 0.467. The molecule has 2 aromatic rings. The second-order valence-corrected chi connectivity index (χ2v) is 6.20. The second kappa shape index (κ2) is 5.40. The quantitative estimate of drug-likeness (QED) is 0.871. The van der Waals surface area contributed by atoms with Crippen LogP contribution in [0.3, 0.4) is 0 Å². The van der Waals surface area contributed by atoms with E-state index >= 15 is 0 Å². The Morgan fingerprint density at radius 1 is 1.50 bits per heavy atom. The van der Waals surface area contributed by atoms with Crippen molar-refractivity contribution in [2.24, 2.45) is 0 Å². The summed E-state index contributed by atoms with van der Waals surface area (Å²) < 4.78 is 2.03. The van der Waals surface area contributed by atoms with Gasteiger partial charge in [0, 0.05) is 17.6 Å². The lowest BCUT2D eigenvalue weighted by Crippen LogP contribution is -2.38. The van der Waals surface area contributed by atoms with Gasteiger partial charge < -0.3 is 4.90 Å². The molecule has 0 radical (unpaired) electrons. The number of amides is 1. The number of hydrogen-bond donors (Lipinski definition) is 0. The molecule has 5 heteroatoms. The fourth-order valence-electron chi connectivity index (χ4n) is 2.90. The van der Waals surface area contributed by atoms with Gasteiger partial charge in [0.25, 0.3) is 5.91 Å². The fourth-order valence-corrected chi connectivity index (χ4v) is 3.53. The first-order valence-electron chi connectivity index (χ1n) is 6.99. The zero-order chi connectivity index (χ0) is 14.1. The topological polar surface area (TPSA) is 38.1 Å². The maximum absolute atomic E-state index is 12.5. The lowest BCUT2D eigenvalue weighted by molar-refractivity contribution is 0.0721. The van der Waals surface area contributed by atoms with Crippen LogP contribution in [-0.2, 0) is 6.54 Å². The normalized spacial score (nSPS) is 18.7. The van der Waals surface area contributed by atoms with Crippen LogP contribution in [0.4, 0.5) is 0 Å². The van der Waals surface area contributed by atoms with Gasteiger partial charge in [-0.2, -0.15) is 16.4 Å². The molecule has 106 valence electrons. The summed E-state index contributed by atoms with van der Waals surface area (Å²) in [6, 6.07) is 4.26. The van der Waals surface area contributed by atoms with E-state index in [0.717, 1.165) is 42.9 Å². The maximum Gasteiger partial charge on any atom is 0.255 e. The predicted molar refractivity (Wildman–Crippen MR) is 80.1 cm³/mol. The van der Waals surface area contributed by atoms with Crippen molar-refractivity contribution in [3.8, 4) is 0 Å². The first-order chi connectivity index (χ1) is 9.65. The van der Waals surface area contributed by atoms with E-state index in [1.807, 2.05) is 33.3 Å². The lowest BCUT2D eigenvalue weighted by atomic mass is 10.2. The average Bonchev–Trinajstić information content (AvgIpc) is 3.12. The SMILES string of the molecule is Cc1cc(C)n(C[C@H]2CCCN2C(=O)c2ccsc2)n1. The zero-order valence-electron chi connectivity index (χ0n) is 11.9. The third kappa shape index (κ3) is 2.50. The van der Waals surface area contributed by atoms with Crippen LogP contribution in [0.5, 0.6) is 0 Å². The standard InChI is InChI=1S/C15H19N3OS/c1-11-8-12(2)18(16-11)9-14-4-3-6-17(14)15(19)13-5-7-20-10-13/h5,7-8,10,14H,3-4,6,9H2,1-2H3/t14-/m1/s1. The van der Waals surface area contributed by atoms with E-state index in [4.69, 9.17) is 0 Å². The van der Waals surface area contributed by atoms with E-state index < -0.39 is 0 Å². The van der Waals surface area contributed by atoms with E-state index in [1.165, 1.54) is 0 Å². The molecular formula is C15H19N3OS. The minimum Gasteiger partial charge on any atom is -0.334 e. The van der Waals surface area contributed by atoms with Gasteiger partial charge in [-0.25, -0.2) is 0 Å². The monoisotopic (exact) mass is 289 g/mol. The largest absolute Gasteiger partial charge is 0.334 e. The molecule has 0 aliphatic carbocycles. The molecule has 1 aliphatic heterocycles. The first kappa shape index (κ1) is 13.4. The molecule has 0 aromatic carbocycles. The molecule has 3 rings (SSSR count). The van der Waals surface area contributed by atoms with Crippen LogP contribution in [0.25, 0.3) is 0 Å². The molecule has 0 bridgehead atoms. The molecule has 3 heterocycles. The molecular weight excluding hydrogens is 270 g/mol. The molecule has 2 aromatic heterocycles. The number of aryl methyl sites for hydroxylation is 2. The smallest absolute Gasteiger partial charge is 0.255 e. The summed E-state index contributed by atoms with van der Waals surface area (Å²) in [5, 5.41) is 8.40. The summed E-state index contributed by atoms with van der Waals surface area (Å²) in [7, 11) is 0. The molecule has 1 aliphatic rings. The van der Waals surface area contributed by atoms with Crippen LogP contribution < -0.4 is 0 Å². The molecule has 0 saturated carbocycles. The number of nitrogens with zero attached hydrogens (tertiary/aromatic N) is 3. The summed E-state index contributed by atoms with van der Waals surface area (Å²) >= 11 is 1.57. The predicted octanol–water partition coefficient (Wildman–Crippen LogP) is 2.87. The van der Waals surface area contributed by atoms with Gasteiger partial charge in [-0.05, 0) is 44.2 Å². The molecule has 0 unspecified atom stereocenters. The van der Waals surface area contributed by atoms with Gasteiger partial charge in [-0.15, -0.1) is 0 Å². The number of carbonyl (C=O) groups is 1. The molecule has 4 nitrogen and oxygen atoms in total. The first-order valence-corrected chi connectivity index (χ1v) is 7.93. The Bertz CT molecular complexity index is 603. The van der Waals surface area contributed by atoms with Crippen molar-refractivity contribution in [3.63, 3.8) is 0 Å². The Hall–Kier alpha value is -1.62. The highest BCUT2D eigenvalue weighted by Crippen LogP contribution is 2.22. The van der Waals surface area contributed by atoms with Gasteiger partial charge in [-0.1, -0.05) is 0 Å². The van der Waals surface area contributed by atoms with Crippen LogP contribution >= 0.6 is 11.3 Å². The minimum absolute atomic E-state index is 0.162. The van der Waals surface area contributed by atoms with Crippen molar-refractivity contribution in [3.05, 3.63) is 39.8 Å². The Morgan fingerprint density at radius 2 is 2.35 bits per heavy atom. The number of aromatic nitrogens is 2. The van der Waals surface area contributed by atoms with Gasteiger partial charge >= 0.3 is 0 Å². The summed E-state index contributed by atoms with van der Waals surface area (Å²) in [5.74, 6) is 0.162. The zero-order valence-corrected chi connectivity index (χ0v) is 12.7. The van der Waals surface area contributed by atoms with Gasteiger partial charge in [0.1, 0.15) is 0 Å². The van der Waals surface area contributed by atoms with E-state index in [2.05, 4.69) is 18.1 Å². The van der Waals surface area contributed by atoms with Gasteiger partial charge in [0.15, 0.2) is 0 Å². The Balaban J connectivity index is 1.76. The molecule has 1 amide bonds. The summed E-state index contributed by atoms with van der Waals surface area (Å²) in [5.41, 5.74) is 3.02. The number of thiophene rings is 1. The Labute approximate surface area is 123 Å². The molecule has 1 atom stereocenters. The van der Waals surface area contributed by atoms with Gasteiger partial charge in [0.05, 0.1) is 23.8 Å². The van der Waals surface area contributed by atoms with E-state index in [0.29, 0.717) is 0 Å². The van der Waals surface area contributed by atoms with Crippen molar-refractivity contribution in [2.75, 3.05) is 6.54 Å². The minimum atomic E-state index is 0.162. The Morgan fingerprint density at radius 3 is 3.00 bits per heavy atom. The highest BCUT2D eigenvalue weighted by atomic mass is 32.1. The molecule has 1 fully saturated rings. The third-order valence-corrected chi connectivity index (χ3v) is 4.58. The number of likely N-dealkylation sites (tertiary alicyclic amines) is 1. The van der Waals surface area contributed by atoms with E-state index in [9.17, 15) is 4.79 Å². The van der Waals surface area contributed by atoms with Crippen LogP contribution in [0.2, 0.25) is 0 Å². The lowest BCUT2D eigenvalue weighted by Gasteiger charge is -2.24. The Kier molecular flexibility index (Phi) is 3.61. The van der Waals surface area contributed by atoms with Crippen LogP contribution in [0, 0.1) is 13.8 Å². The highest BCUT2D eigenvalue weighted by Gasteiger charge is 2.30. The summed E-state index contributed by atoms with van der Waals surface area (Å²) in [6.45, 7) is 5.74. The number of rotatable bonds is 3. The van der Waals surface area contributed by atoms with Gasteiger partial charge in [-0.3, -0.25) is 9.48 Å². The van der Waals surface area contributed by atoms with Crippen molar-refractivity contribution < 1.29 is 4.79 Å². The van der Waals surface area contributed by atoms with Crippen LogP contribution in [0.15, 0.2) is 22.9 Å². The molecule has 20 heavy (non-hydrogen) atoms. The van der Waals surface area contributed by atoms with Crippen molar-refractivity contribution in [1.29, 1.82) is 0 Å². The van der Waals surface area contributed by atoms with Crippen LogP contribution in [-0.4, -0.2) is 33.2 Å². The van der Waals surface area contributed by atoms with Gasteiger partial charge in [0.2, 0.25) is 0 Å². The maximum atomic E-state index is 12.5. The van der Waals surface area contributed by atoms with Crippen molar-refractivity contribution >= 4 is 17.2 Å². The highest BCUT2D eigenvalue weighted by molar-refractivity contribution is 7.08. The second-order valence-electron chi connectivity index (χ2n) is 5.42. The average molecular weight is 289 g/mol. The number of hydrogen-bond acceptors (Lipinski definition) is 3. The van der Waals surface area contributed by atoms with E-state index in [-0.39, 0.29) is 11.9 Å². The van der Waals surface area contributed by atoms with Crippen molar-refractivity contribution in [1.82, 2.24) is 14.7 Å².